The van der Waals surface area contributed by atoms with Crippen molar-refractivity contribution in [1.82, 2.24) is 4.90 Å². The van der Waals surface area contributed by atoms with Gasteiger partial charge in [-0.05, 0) is 49.9 Å². The van der Waals surface area contributed by atoms with E-state index >= 15 is 0 Å². The van der Waals surface area contributed by atoms with E-state index in [0.717, 1.165) is 13.0 Å². The Kier molecular flexibility index (Phi) is 11.4. The zero-order chi connectivity index (χ0) is 18.6. The van der Waals surface area contributed by atoms with E-state index in [1.54, 1.807) is 30.3 Å². The van der Waals surface area contributed by atoms with Gasteiger partial charge in [0, 0.05) is 12.6 Å². The number of piperidine rings is 1. The molecule has 0 aromatic heterocycles. The summed E-state index contributed by atoms with van der Waals surface area (Å²) in [7, 11) is 0. The molecular formula is C22H30ClNO3. The first-order valence-corrected chi connectivity index (χ1v) is 9.38. The van der Waals surface area contributed by atoms with Crippen molar-refractivity contribution in [2.75, 3.05) is 19.7 Å². The molecule has 1 fully saturated rings. The fraction of sp³-hybridized carbons (Fsp3) is 0.409. The van der Waals surface area contributed by atoms with Crippen molar-refractivity contribution in [1.29, 1.82) is 0 Å². The van der Waals surface area contributed by atoms with Crippen molar-refractivity contribution in [2.24, 2.45) is 0 Å². The molecule has 0 bridgehead atoms. The fourth-order valence-corrected chi connectivity index (χ4v) is 3.37. The number of aliphatic hydroxyl groups excluding tert-OH is 1. The van der Waals surface area contributed by atoms with Gasteiger partial charge in [0.25, 0.3) is 0 Å². The molecule has 0 aliphatic carbocycles. The number of hydrogen-bond donors (Lipinski definition) is 2. The molecular weight excluding hydrogens is 362 g/mol. The summed E-state index contributed by atoms with van der Waals surface area (Å²) in [5.41, 5.74) is 1.76. The second kappa shape index (κ2) is 13.3. The van der Waals surface area contributed by atoms with E-state index in [0.29, 0.717) is 18.2 Å². The minimum Gasteiger partial charge on any atom is -0.478 e. The van der Waals surface area contributed by atoms with Crippen molar-refractivity contribution in [3.63, 3.8) is 0 Å². The lowest BCUT2D eigenvalue weighted by molar-refractivity contribution is 0.0697. The summed E-state index contributed by atoms with van der Waals surface area (Å²) in [6.45, 7) is 2.31. The SMILES string of the molecule is Cl.O=C(O)c1ccccc1.OCCN1CCCCC1CCc1ccccc1. The van der Waals surface area contributed by atoms with Crippen molar-refractivity contribution >= 4 is 18.4 Å². The maximum absolute atomic E-state index is 10.2. The maximum Gasteiger partial charge on any atom is 0.335 e. The predicted octanol–water partition coefficient (Wildman–Crippen LogP) is 4.27. The Balaban J connectivity index is 0.000000310. The number of carboxylic acids is 1. The lowest BCUT2D eigenvalue weighted by atomic mass is 9.96. The summed E-state index contributed by atoms with van der Waals surface area (Å²) in [5, 5.41) is 17.5. The summed E-state index contributed by atoms with van der Waals surface area (Å²) in [4.78, 5) is 12.7. The second-order valence-electron chi connectivity index (χ2n) is 6.60. The quantitative estimate of drug-likeness (QED) is 0.771. The Morgan fingerprint density at radius 3 is 2.19 bits per heavy atom. The van der Waals surface area contributed by atoms with Crippen LogP contribution in [0.4, 0.5) is 0 Å². The fourth-order valence-electron chi connectivity index (χ4n) is 3.37. The van der Waals surface area contributed by atoms with Crippen LogP contribution in [0.5, 0.6) is 0 Å². The highest BCUT2D eigenvalue weighted by Crippen LogP contribution is 2.20. The number of carbonyl (C=O) groups is 1. The molecule has 1 unspecified atom stereocenters. The number of aryl methyl sites for hydroxylation is 1. The largest absolute Gasteiger partial charge is 0.478 e. The lowest BCUT2D eigenvalue weighted by Crippen LogP contribution is -2.41. The van der Waals surface area contributed by atoms with E-state index in [-0.39, 0.29) is 12.4 Å². The maximum atomic E-state index is 10.2. The van der Waals surface area contributed by atoms with Gasteiger partial charge in [-0.25, -0.2) is 4.79 Å². The number of halogens is 1. The van der Waals surface area contributed by atoms with Gasteiger partial charge in [-0.15, -0.1) is 12.4 Å². The summed E-state index contributed by atoms with van der Waals surface area (Å²) in [6, 6.07) is 19.7. The monoisotopic (exact) mass is 391 g/mol. The van der Waals surface area contributed by atoms with Crippen LogP contribution >= 0.6 is 12.4 Å². The molecule has 1 saturated heterocycles. The van der Waals surface area contributed by atoms with Crippen molar-refractivity contribution < 1.29 is 15.0 Å². The van der Waals surface area contributed by atoms with Crippen LogP contribution in [0.1, 0.15) is 41.6 Å². The van der Waals surface area contributed by atoms with Crippen LogP contribution in [-0.2, 0) is 6.42 Å². The van der Waals surface area contributed by atoms with Crippen LogP contribution in [0.25, 0.3) is 0 Å². The molecule has 5 heteroatoms. The van der Waals surface area contributed by atoms with E-state index in [4.69, 9.17) is 10.2 Å². The lowest BCUT2D eigenvalue weighted by Gasteiger charge is -2.35. The highest BCUT2D eigenvalue weighted by molar-refractivity contribution is 5.87. The zero-order valence-electron chi connectivity index (χ0n) is 15.7. The van der Waals surface area contributed by atoms with E-state index in [1.165, 1.54) is 37.8 Å². The number of carboxylic acid groups (broad SMARTS) is 1. The minimum atomic E-state index is -0.879. The molecule has 1 atom stereocenters. The number of aromatic carboxylic acids is 1. The predicted molar refractivity (Wildman–Crippen MR) is 112 cm³/mol. The number of β-amino-alcohol motifs (C(OH)–C–C–N with tert-alkyl or cyclic N) is 1. The molecule has 3 rings (SSSR count). The van der Waals surface area contributed by atoms with Crippen molar-refractivity contribution in [3.8, 4) is 0 Å². The molecule has 27 heavy (non-hydrogen) atoms. The van der Waals surface area contributed by atoms with Gasteiger partial charge in [0.15, 0.2) is 0 Å². The first-order valence-electron chi connectivity index (χ1n) is 9.38. The third-order valence-electron chi connectivity index (χ3n) is 4.77. The molecule has 0 radical (unpaired) electrons. The van der Waals surface area contributed by atoms with E-state index in [9.17, 15) is 4.79 Å². The van der Waals surface area contributed by atoms with Gasteiger partial charge < -0.3 is 10.2 Å². The molecule has 2 aromatic rings. The van der Waals surface area contributed by atoms with Gasteiger partial charge in [-0.3, -0.25) is 4.90 Å². The number of likely N-dealkylation sites (tertiary alicyclic amines) is 1. The van der Waals surface area contributed by atoms with Crippen molar-refractivity contribution in [3.05, 3.63) is 71.8 Å². The molecule has 1 aliphatic heterocycles. The Labute approximate surface area is 168 Å². The molecule has 0 amide bonds. The normalized spacial score (nSPS) is 16.6. The molecule has 1 heterocycles. The van der Waals surface area contributed by atoms with E-state index in [2.05, 4.69) is 35.2 Å². The number of benzene rings is 2. The van der Waals surface area contributed by atoms with Gasteiger partial charge in [-0.1, -0.05) is 55.0 Å². The molecule has 4 nitrogen and oxygen atoms in total. The smallest absolute Gasteiger partial charge is 0.335 e. The second-order valence-corrected chi connectivity index (χ2v) is 6.60. The summed E-state index contributed by atoms with van der Waals surface area (Å²) >= 11 is 0. The highest BCUT2D eigenvalue weighted by Gasteiger charge is 2.21. The average molecular weight is 392 g/mol. The standard InChI is InChI=1S/C15H23NO.C7H6O2.ClH/c17-13-12-16-11-5-4-8-15(16)10-9-14-6-2-1-3-7-14;8-7(9)6-4-2-1-3-5-6;/h1-3,6-7,15,17H,4-5,8-13H2;1-5H,(H,8,9);1H. The Morgan fingerprint density at radius 2 is 1.63 bits per heavy atom. The van der Waals surface area contributed by atoms with E-state index < -0.39 is 5.97 Å². The van der Waals surface area contributed by atoms with E-state index in [1.807, 2.05) is 0 Å². The third-order valence-corrected chi connectivity index (χ3v) is 4.77. The van der Waals surface area contributed by atoms with Crippen LogP contribution < -0.4 is 0 Å². The number of nitrogens with zero attached hydrogens (tertiary/aromatic N) is 1. The van der Waals surface area contributed by atoms with Crippen LogP contribution in [0.2, 0.25) is 0 Å². The molecule has 2 N–H and O–H groups in total. The zero-order valence-corrected chi connectivity index (χ0v) is 16.5. The van der Waals surface area contributed by atoms with Gasteiger partial charge in [0.05, 0.1) is 12.2 Å². The van der Waals surface area contributed by atoms with Crippen LogP contribution in [0, 0.1) is 0 Å². The Bertz CT molecular complexity index is 635. The first kappa shape index (κ1) is 23.2. The molecule has 2 aromatic carbocycles. The van der Waals surface area contributed by atoms with Crippen LogP contribution in [0.15, 0.2) is 60.7 Å². The highest BCUT2D eigenvalue weighted by atomic mass is 35.5. The summed E-state index contributed by atoms with van der Waals surface area (Å²) in [5.74, 6) is -0.879. The summed E-state index contributed by atoms with van der Waals surface area (Å²) in [6.07, 6.45) is 6.33. The topological polar surface area (TPSA) is 60.8 Å². The average Bonchev–Trinajstić information content (AvgIpc) is 2.69. The molecule has 0 spiro atoms. The Morgan fingerprint density at radius 1 is 1.00 bits per heavy atom. The van der Waals surface area contributed by atoms with Crippen LogP contribution in [0.3, 0.4) is 0 Å². The summed E-state index contributed by atoms with van der Waals surface area (Å²) < 4.78 is 0. The van der Waals surface area contributed by atoms with Gasteiger partial charge in [0.1, 0.15) is 0 Å². The number of aliphatic hydroxyl groups is 1. The first-order chi connectivity index (χ1) is 12.7. The van der Waals surface area contributed by atoms with Crippen molar-refractivity contribution in [2.45, 2.75) is 38.1 Å². The van der Waals surface area contributed by atoms with Gasteiger partial charge in [-0.2, -0.15) is 0 Å². The molecule has 148 valence electrons. The number of hydrogen-bond acceptors (Lipinski definition) is 3. The van der Waals surface area contributed by atoms with Gasteiger partial charge in [0.2, 0.25) is 0 Å². The number of rotatable bonds is 6. The molecule has 0 saturated carbocycles. The van der Waals surface area contributed by atoms with Gasteiger partial charge >= 0.3 is 5.97 Å². The third kappa shape index (κ3) is 8.57. The minimum absolute atomic E-state index is 0. The van der Waals surface area contributed by atoms with Crippen LogP contribution in [-0.4, -0.2) is 46.8 Å². The Hall–Kier alpha value is -1.88. The molecule has 1 aliphatic rings.